The third kappa shape index (κ3) is 3.67. The molecule has 0 aromatic carbocycles. The van der Waals surface area contributed by atoms with Gasteiger partial charge >= 0.3 is 0 Å². The standard InChI is InChI=1S/C12H25N3O/c1-3-11(10-7-5-4-6-8-10)14-9(2)12(13)15-16/h9-11,14,16H,3-8H2,1-2H3,(H2,13,15). The van der Waals surface area contributed by atoms with Crippen molar-refractivity contribution in [3.8, 4) is 0 Å². The molecule has 0 amide bonds. The van der Waals surface area contributed by atoms with Crippen molar-refractivity contribution in [2.45, 2.75) is 64.5 Å². The van der Waals surface area contributed by atoms with Crippen LogP contribution in [0.5, 0.6) is 0 Å². The first kappa shape index (κ1) is 13.3. The molecule has 4 heteroatoms. The maximum Gasteiger partial charge on any atom is 0.156 e. The summed E-state index contributed by atoms with van der Waals surface area (Å²) in [6, 6.07) is 0.451. The predicted molar refractivity (Wildman–Crippen MR) is 66.7 cm³/mol. The molecule has 1 saturated carbocycles. The molecule has 0 aliphatic heterocycles. The molecule has 16 heavy (non-hydrogen) atoms. The van der Waals surface area contributed by atoms with Crippen LogP contribution < -0.4 is 11.1 Å². The van der Waals surface area contributed by atoms with Crippen molar-refractivity contribution in [3.05, 3.63) is 0 Å². The van der Waals surface area contributed by atoms with Gasteiger partial charge in [0.25, 0.3) is 0 Å². The minimum atomic E-state index is -0.0446. The summed E-state index contributed by atoms with van der Waals surface area (Å²) in [5, 5.41) is 15.1. The topological polar surface area (TPSA) is 70.6 Å². The van der Waals surface area contributed by atoms with Crippen molar-refractivity contribution < 1.29 is 5.21 Å². The van der Waals surface area contributed by atoms with E-state index in [0.29, 0.717) is 6.04 Å². The Bertz CT molecular complexity index is 224. The molecule has 0 saturated heterocycles. The lowest BCUT2D eigenvalue weighted by atomic mass is 9.82. The van der Waals surface area contributed by atoms with Crippen LogP contribution in [0.3, 0.4) is 0 Å². The summed E-state index contributed by atoms with van der Waals surface area (Å²) < 4.78 is 0. The van der Waals surface area contributed by atoms with E-state index < -0.39 is 0 Å². The SMILES string of the molecule is CCC(NC(C)C(N)=NO)C1CCCCC1. The largest absolute Gasteiger partial charge is 0.409 e. The van der Waals surface area contributed by atoms with E-state index in [1.807, 2.05) is 6.92 Å². The summed E-state index contributed by atoms with van der Waals surface area (Å²) in [5.41, 5.74) is 5.59. The van der Waals surface area contributed by atoms with Crippen LogP contribution in [0.4, 0.5) is 0 Å². The van der Waals surface area contributed by atoms with Gasteiger partial charge in [-0.15, -0.1) is 0 Å². The van der Waals surface area contributed by atoms with Crippen molar-refractivity contribution in [1.29, 1.82) is 0 Å². The molecule has 0 aromatic rings. The van der Waals surface area contributed by atoms with E-state index in [2.05, 4.69) is 17.4 Å². The van der Waals surface area contributed by atoms with Crippen LogP contribution in [-0.2, 0) is 0 Å². The first-order valence-corrected chi connectivity index (χ1v) is 6.42. The first-order valence-electron chi connectivity index (χ1n) is 6.42. The highest BCUT2D eigenvalue weighted by Gasteiger charge is 2.24. The minimum Gasteiger partial charge on any atom is -0.409 e. The van der Waals surface area contributed by atoms with Gasteiger partial charge in [-0.1, -0.05) is 31.3 Å². The molecule has 0 heterocycles. The number of nitrogens with one attached hydrogen (secondary N) is 1. The molecule has 2 unspecified atom stereocenters. The maximum absolute atomic E-state index is 8.62. The maximum atomic E-state index is 8.62. The average molecular weight is 227 g/mol. The lowest BCUT2D eigenvalue weighted by Crippen LogP contribution is -2.47. The van der Waals surface area contributed by atoms with Crippen molar-refractivity contribution in [2.24, 2.45) is 16.8 Å². The number of amidine groups is 1. The Morgan fingerprint density at radius 2 is 2.06 bits per heavy atom. The van der Waals surface area contributed by atoms with Gasteiger partial charge in [0.15, 0.2) is 5.84 Å². The zero-order valence-corrected chi connectivity index (χ0v) is 10.4. The molecule has 2 atom stereocenters. The summed E-state index contributed by atoms with van der Waals surface area (Å²) >= 11 is 0. The Labute approximate surface area is 98.3 Å². The monoisotopic (exact) mass is 227 g/mol. The average Bonchev–Trinajstić information content (AvgIpc) is 2.35. The van der Waals surface area contributed by atoms with E-state index in [1.54, 1.807) is 0 Å². The summed E-state index contributed by atoms with van der Waals surface area (Å²) in [7, 11) is 0. The third-order valence-electron chi connectivity index (χ3n) is 3.68. The molecule has 0 radical (unpaired) electrons. The molecule has 0 aromatic heterocycles. The molecule has 4 nitrogen and oxygen atoms in total. The second-order valence-corrected chi connectivity index (χ2v) is 4.83. The van der Waals surface area contributed by atoms with Gasteiger partial charge in [0.05, 0.1) is 6.04 Å². The molecule has 0 bridgehead atoms. The van der Waals surface area contributed by atoms with E-state index in [1.165, 1.54) is 32.1 Å². The molecular formula is C12H25N3O. The van der Waals surface area contributed by atoms with E-state index in [-0.39, 0.29) is 11.9 Å². The van der Waals surface area contributed by atoms with E-state index in [4.69, 9.17) is 10.9 Å². The van der Waals surface area contributed by atoms with Crippen LogP contribution in [-0.4, -0.2) is 23.1 Å². The van der Waals surface area contributed by atoms with Crippen LogP contribution in [0.25, 0.3) is 0 Å². The number of hydrogen-bond acceptors (Lipinski definition) is 3. The quantitative estimate of drug-likeness (QED) is 0.291. The van der Waals surface area contributed by atoms with Crippen molar-refractivity contribution in [2.75, 3.05) is 0 Å². The highest BCUT2D eigenvalue weighted by Crippen LogP contribution is 2.27. The fourth-order valence-electron chi connectivity index (χ4n) is 2.62. The second kappa shape index (κ2) is 6.74. The van der Waals surface area contributed by atoms with E-state index in [0.717, 1.165) is 12.3 Å². The molecule has 0 spiro atoms. The van der Waals surface area contributed by atoms with Gasteiger partial charge in [-0.25, -0.2) is 0 Å². The zero-order valence-electron chi connectivity index (χ0n) is 10.4. The Morgan fingerprint density at radius 1 is 1.44 bits per heavy atom. The summed E-state index contributed by atoms with van der Waals surface area (Å²) in [6.07, 6.45) is 7.81. The number of hydrogen-bond donors (Lipinski definition) is 3. The van der Waals surface area contributed by atoms with Crippen molar-refractivity contribution in [3.63, 3.8) is 0 Å². The Hall–Kier alpha value is -0.770. The normalized spacial score (nSPS) is 23.0. The smallest absolute Gasteiger partial charge is 0.156 e. The number of rotatable bonds is 5. The molecule has 1 aliphatic carbocycles. The first-order chi connectivity index (χ1) is 7.69. The van der Waals surface area contributed by atoms with Crippen molar-refractivity contribution >= 4 is 5.84 Å². The highest BCUT2D eigenvalue weighted by molar-refractivity contribution is 5.84. The molecule has 1 fully saturated rings. The Balaban J connectivity index is 2.47. The summed E-state index contributed by atoms with van der Waals surface area (Å²) in [5.74, 6) is 1.03. The minimum absolute atomic E-state index is 0.0446. The van der Waals surface area contributed by atoms with Crippen molar-refractivity contribution in [1.82, 2.24) is 5.32 Å². The van der Waals surface area contributed by atoms with Crippen LogP contribution in [0.1, 0.15) is 52.4 Å². The summed E-state index contributed by atoms with van der Waals surface area (Å²) in [4.78, 5) is 0. The van der Waals surface area contributed by atoms with Crippen LogP contribution in [0, 0.1) is 5.92 Å². The third-order valence-corrected chi connectivity index (χ3v) is 3.68. The lowest BCUT2D eigenvalue weighted by Gasteiger charge is -2.32. The zero-order chi connectivity index (χ0) is 12.0. The molecular weight excluding hydrogens is 202 g/mol. The van der Waals surface area contributed by atoms with Gasteiger partial charge in [0, 0.05) is 6.04 Å². The molecule has 1 rings (SSSR count). The Kier molecular flexibility index (Phi) is 5.60. The molecule has 94 valence electrons. The van der Waals surface area contributed by atoms with Gasteiger partial charge in [-0.05, 0) is 32.1 Å². The Morgan fingerprint density at radius 3 is 2.56 bits per heavy atom. The van der Waals surface area contributed by atoms with Crippen LogP contribution >= 0.6 is 0 Å². The van der Waals surface area contributed by atoms with Gasteiger partial charge < -0.3 is 16.3 Å². The van der Waals surface area contributed by atoms with Crippen LogP contribution in [0.15, 0.2) is 5.16 Å². The van der Waals surface area contributed by atoms with Gasteiger partial charge in [-0.3, -0.25) is 0 Å². The predicted octanol–water partition coefficient (Wildman–Crippen LogP) is 2.07. The van der Waals surface area contributed by atoms with Gasteiger partial charge in [0.2, 0.25) is 0 Å². The van der Waals surface area contributed by atoms with Gasteiger partial charge in [-0.2, -0.15) is 0 Å². The van der Waals surface area contributed by atoms with E-state index >= 15 is 0 Å². The van der Waals surface area contributed by atoms with E-state index in [9.17, 15) is 0 Å². The number of nitrogens with two attached hydrogens (primary N) is 1. The lowest BCUT2D eigenvalue weighted by molar-refractivity contribution is 0.256. The van der Waals surface area contributed by atoms with Gasteiger partial charge in [0.1, 0.15) is 0 Å². The highest BCUT2D eigenvalue weighted by atomic mass is 16.4. The molecule has 1 aliphatic rings. The fraction of sp³-hybridized carbons (Fsp3) is 0.917. The number of nitrogens with zero attached hydrogens (tertiary/aromatic N) is 1. The number of oxime groups is 1. The van der Waals surface area contributed by atoms with Crippen LogP contribution in [0.2, 0.25) is 0 Å². The molecule has 4 N–H and O–H groups in total. The fourth-order valence-corrected chi connectivity index (χ4v) is 2.62. The summed E-state index contributed by atoms with van der Waals surface area (Å²) in [6.45, 7) is 4.14. The second-order valence-electron chi connectivity index (χ2n) is 4.83.